The summed E-state index contributed by atoms with van der Waals surface area (Å²) in [4.78, 5) is 83.4. The monoisotopic (exact) mass is 1060 g/mol. The number of hydrogen-bond acceptors (Lipinski definition) is 15. The van der Waals surface area contributed by atoms with Crippen molar-refractivity contribution in [3.05, 3.63) is 93.9 Å². The number of nitrogens with zero attached hydrogens (tertiary/aromatic N) is 4. The molecule has 5 N–H and O–H groups in total. The van der Waals surface area contributed by atoms with Crippen LogP contribution in [-0.4, -0.2) is 122 Å². The lowest BCUT2D eigenvalue weighted by molar-refractivity contribution is -0.164. The van der Waals surface area contributed by atoms with Crippen LogP contribution in [0, 0.1) is 48.3 Å². The summed E-state index contributed by atoms with van der Waals surface area (Å²) >= 11 is 0. The van der Waals surface area contributed by atoms with Gasteiger partial charge in [-0.3, -0.25) is 29.0 Å². The number of rotatable bonds is 8. The molecule has 0 saturated carbocycles. The molecule has 0 aliphatic carbocycles. The van der Waals surface area contributed by atoms with Gasteiger partial charge >= 0.3 is 11.8 Å². The van der Waals surface area contributed by atoms with E-state index in [0.717, 1.165) is 6.54 Å². The van der Waals surface area contributed by atoms with Gasteiger partial charge < -0.3 is 49.8 Å². The van der Waals surface area contributed by atoms with E-state index in [2.05, 4.69) is 29.1 Å². The Labute approximate surface area is 450 Å². The Kier molecular flexibility index (Phi) is 16.9. The third-order valence-corrected chi connectivity index (χ3v) is 16.9. The summed E-state index contributed by atoms with van der Waals surface area (Å²) < 4.78 is 18.9. The Morgan fingerprint density at radius 1 is 0.883 bits per heavy atom. The van der Waals surface area contributed by atoms with Crippen molar-refractivity contribution in [1.29, 1.82) is 0 Å². The molecule has 3 aromatic rings. The molecule has 5 bridgehead atoms. The number of aliphatic hydroxyl groups is 2. The Morgan fingerprint density at radius 3 is 2.21 bits per heavy atom. The summed E-state index contributed by atoms with van der Waals surface area (Å²) in [6, 6.07) is 9.05. The molecule has 6 aliphatic heterocycles. The first-order valence-corrected chi connectivity index (χ1v) is 27.4. The van der Waals surface area contributed by atoms with Gasteiger partial charge in [-0.05, 0) is 56.9 Å². The Balaban J connectivity index is 1.13. The van der Waals surface area contributed by atoms with E-state index in [1.165, 1.54) is 19.3 Å². The van der Waals surface area contributed by atoms with Crippen molar-refractivity contribution in [2.24, 2.45) is 51.4 Å². The topological polar surface area (TPSA) is 237 Å². The predicted octanol–water partition coefficient (Wildman–Crippen LogP) is 7.25. The van der Waals surface area contributed by atoms with Gasteiger partial charge in [-0.1, -0.05) is 97.0 Å². The zero-order chi connectivity index (χ0) is 55.8. The molecule has 0 aromatic heterocycles. The average molecular weight is 1060 g/mol. The molecule has 2 fully saturated rings. The quantitative estimate of drug-likeness (QED) is 0.0647. The molecule has 3 aromatic carbocycles. The van der Waals surface area contributed by atoms with Gasteiger partial charge in [0.1, 0.15) is 40.4 Å². The first-order valence-electron chi connectivity index (χ1n) is 27.4. The minimum Gasteiger partial charge on any atom is -0.507 e. The number of esters is 1. The second kappa shape index (κ2) is 22.9. The van der Waals surface area contributed by atoms with Crippen molar-refractivity contribution in [2.75, 3.05) is 38.0 Å². The molecule has 2 saturated heterocycles. The minimum absolute atomic E-state index is 0.0271. The van der Waals surface area contributed by atoms with Crippen molar-refractivity contribution in [2.45, 2.75) is 138 Å². The number of carbonyl (C=O) groups is 5. The molecule has 414 valence electrons. The number of ketones is 2. The van der Waals surface area contributed by atoms with Crippen LogP contribution in [0.2, 0.25) is 0 Å². The van der Waals surface area contributed by atoms with Crippen LogP contribution in [0.25, 0.3) is 10.8 Å². The molecule has 0 radical (unpaired) electrons. The SMILES string of the molecule is CC[C@H]1/C=C/O[C@@]2(C)Oc3c(C)c(O)c4c(O)c(c5c(c4c3C2=O)NC2(CCN(CC(C)C)CC2)N=5)=NC(=O)/C(C)=C\C=C\[C@H](C)[C@H](O)[C@@H](C)[C@@H](O)[C@@H](C)[C@H](OC(=O)CC(=O)N2CCC(C(=O)c3ccccc3)CC2)[C@@H]1C. The number of benzene rings is 3. The summed E-state index contributed by atoms with van der Waals surface area (Å²) in [5.74, 6) is -8.18. The maximum Gasteiger partial charge on any atom is 0.315 e. The molecule has 0 unspecified atom stereocenters. The molecule has 1 spiro atoms. The first-order chi connectivity index (χ1) is 36.5. The number of hydrogen-bond donors (Lipinski definition) is 5. The van der Waals surface area contributed by atoms with Crippen molar-refractivity contribution >= 4 is 45.8 Å². The molecule has 6 aliphatic rings. The molecular weight excluding hydrogens is 983 g/mol. The second-order valence-corrected chi connectivity index (χ2v) is 22.8. The third kappa shape index (κ3) is 11.3. The molecule has 77 heavy (non-hydrogen) atoms. The van der Waals surface area contributed by atoms with Crippen LogP contribution < -0.4 is 20.8 Å². The van der Waals surface area contributed by atoms with Crippen LogP contribution in [0.1, 0.15) is 127 Å². The number of allylic oxidation sites excluding steroid dienone is 3. The number of likely N-dealkylation sites (tertiary alicyclic amines) is 2. The van der Waals surface area contributed by atoms with E-state index in [4.69, 9.17) is 19.2 Å². The summed E-state index contributed by atoms with van der Waals surface area (Å²) in [7, 11) is 0. The molecule has 9 rings (SSSR count). The summed E-state index contributed by atoms with van der Waals surface area (Å²) in [6.07, 6.45) is 6.58. The van der Waals surface area contributed by atoms with Crippen molar-refractivity contribution in [3.63, 3.8) is 0 Å². The fourth-order valence-corrected chi connectivity index (χ4v) is 12.0. The van der Waals surface area contributed by atoms with Crippen molar-refractivity contribution < 1.29 is 58.6 Å². The van der Waals surface area contributed by atoms with E-state index in [1.807, 2.05) is 32.0 Å². The predicted molar refractivity (Wildman–Crippen MR) is 290 cm³/mol. The fourth-order valence-electron chi connectivity index (χ4n) is 12.0. The van der Waals surface area contributed by atoms with E-state index in [9.17, 15) is 39.6 Å². The van der Waals surface area contributed by atoms with E-state index < -0.39 is 95.1 Å². The highest BCUT2D eigenvalue weighted by Gasteiger charge is 2.51. The van der Waals surface area contributed by atoms with Crippen molar-refractivity contribution in [3.8, 4) is 17.2 Å². The normalized spacial score (nSPS) is 29.7. The standard InChI is InChI=1S/C60H77N5O12/c1-11-39-22-29-75-59(10)57(73)46-44-45(52(70)38(9)56(46)77-59)54(72)49(48-47(44)62-60(63-48)23-27-64(28-24-60)31-32(2)3)61-58(74)34(5)17-15-16-33(4)50(68)36(7)51(69)37(8)55(35(39)6)76-43(67)30-42(66)65-25-20-41(21-26-65)53(71)40-18-13-12-14-19-40/h12-19,22,29,32-33,35-37,39,41,50-51,55,62,68-70,72H,11,20-21,23-28,30-31H2,1-10H3/b16-15+,29-22+,34-17-,61-49?/t33-,35+,36+,37+,39-,50-,51+,55+,59-/m0/s1. The summed E-state index contributed by atoms with van der Waals surface area (Å²) in [6.45, 7) is 20.8. The number of amides is 2. The number of ether oxygens (including phenoxy) is 3. The van der Waals surface area contributed by atoms with Gasteiger partial charge in [0.05, 0.1) is 35.1 Å². The molecule has 17 nitrogen and oxygen atoms in total. The smallest absolute Gasteiger partial charge is 0.315 e. The fraction of sp³-hybridized carbons (Fsp3) is 0.550. The number of aromatic hydroxyl groups is 2. The number of phenolic OH excluding ortho intramolecular Hbond substituents is 2. The van der Waals surface area contributed by atoms with E-state index in [0.29, 0.717) is 75.5 Å². The molecule has 2 amide bonds. The first kappa shape index (κ1) is 56.8. The lowest BCUT2D eigenvalue weighted by atomic mass is 9.76. The van der Waals surface area contributed by atoms with Crippen molar-refractivity contribution in [1.82, 2.24) is 9.80 Å². The Morgan fingerprint density at radius 2 is 1.56 bits per heavy atom. The van der Waals surface area contributed by atoms with Crippen LogP contribution in [-0.2, 0) is 23.9 Å². The second-order valence-electron chi connectivity index (χ2n) is 22.8. The highest BCUT2D eigenvalue weighted by molar-refractivity contribution is 6.21. The summed E-state index contributed by atoms with van der Waals surface area (Å²) in [5, 5.41) is 51.6. The number of aliphatic hydroxyl groups excluding tert-OH is 2. The number of anilines is 1. The van der Waals surface area contributed by atoms with Gasteiger partial charge in [0.25, 0.3) is 11.7 Å². The Bertz CT molecular complexity index is 3010. The highest BCUT2D eigenvalue weighted by atomic mass is 16.7. The van der Waals surface area contributed by atoms with Crippen LogP contribution in [0.3, 0.4) is 0 Å². The largest absolute Gasteiger partial charge is 0.507 e. The molecule has 6 heterocycles. The van der Waals surface area contributed by atoms with Gasteiger partial charge in [0.2, 0.25) is 5.91 Å². The highest BCUT2D eigenvalue weighted by Crippen LogP contribution is 2.51. The van der Waals surface area contributed by atoms with E-state index in [-0.39, 0.29) is 61.4 Å². The van der Waals surface area contributed by atoms with E-state index >= 15 is 4.79 Å². The van der Waals surface area contributed by atoms with Gasteiger partial charge in [-0.2, -0.15) is 0 Å². The van der Waals surface area contributed by atoms with Gasteiger partial charge in [0.15, 0.2) is 11.5 Å². The van der Waals surface area contributed by atoms with E-state index in [1.54, 1.807) is 69.9 Å². The molecular formula is C60H77N5O12. The number of Topliss-reactive ketones (excluding diaryl/α,β-unsaturated/α-hetero) is 2. The number of carbonyl (C=O) groups excluding carboxylic acids is 5. The van der Waals surface area contributed by atoms with Gasteiger partial charge in [0, 0.05) is 98.2 Å². The van der Waals surface area contributed by atoms with Gasteiger partial charge in [-0.15, -0.1) is 0 Å². The van der Waals surface area contributed by atoms with Crippen LogP contribution >= 0.6 is 0 Å². The van der Waals surface area contributed by atoms with Crippen LogP contribution in [0.15, 0.2) is 76.5 Å². The van der Waals surface area contributed by atoms with Crippen LogP contribution in [0.4, 0.5) is 5.69 Å². The number of fused-ring (bicyclic) bond motifs is 13. The maximum absolute atomic E-state index is 15.0. The third-order valence-electron chi connectivity index (χ3n) is 16.9. The lowest BCUT2D eigenvalue weighted by Gasteiger charge is -2.38. The lowest BCUT2D eigenvalue weighted by Crippen LogP contribution is -2.47. The van der Waals surface area contributed by atoms with Gasteiger partial charge in [-0.25, -0.2) is 4.99 Å². The maximum atomic E-state index is 15.0. The molecule has 9 atom stereocenters. The number of phenols is 2. The molecule has 17 heteroatoms. The number of nitrogens with one attached hydrogen (secondary N) is 1. The average Bonchev–Trinajstić information content (AvgIpc) is 4.11. The summed E-state index contributed by atoms with van der Waals surface area (Å²) in [5.41, 5.74) is 0.429. The zero-order valence-electron chi connectivity index (χ0n) is 46.2. The Hall–Kier alpha value is -6.43. The number of piperidine rings is 2. The zero-order valence-corrected chi connectivity index (χ0v) is 46.2. The van der Waals surface area contributed by atoms with Crippen LogP contribution in [0.5, 0.6) is 17.2 Å². The minimum atomic E-state index is -1.98.